The van der Waals surface area contributed by atoms with Gasteiger partial charge in [0, 0.05) is 5.92 Å². The average molecular weight is 266 g/mol. The summed E-state index contributed by atoms with van der Waals surface area (Å²) in [6.45, 7) is 9.10. The molecule has 0 aliphatic heterocycles. The molecule has 0 aromatic heterocycles. The second-order valence-corrected chi connectivity index (χ2v) is 7.38. The second-order valence-electron chi connectivity index (χ2n) is 7.38. The van der Waals surface area contributed by atoms with Gasteiger partial charge in [-0.2, -0.15) is 0 Å². The first-order valence-electron chi connectivity index (χ1n) is 8.48. The summed E-state index contributed by atoms with van der Waals surface area (Å²) in [5.41, 5.74) is 0.388. The van der Waals surface area contributed by atoms with Crippen LogP contribution in [0.2, 0.25) is 0 Å². The van der Waals surface area contributed by atoms with Crippen molar-refractivity contribution >= 4 is 6.29 Å². The van der Waals surface area contributed by atoms with Gasteiger partial charge in [-0.15, -0.1) is 0 Å². The zero-order chi connectivity index (χ0) is 14.3. The fraction of sp³-hybridized carbons (Fsp3) is 0.944. The highest BCUT2D eigenvalue weighted by molar-refractivity contribution is 5.52. The molecule has 112 valence electrons. The van der Waals surface area contributed by atoms with Crippen molar-refractivity contribution < 1.29 is 4.79 Å². The summed E-state index contributed by atoms with van der Waals surface area (Å²) in [6.07, 6.45) is 13.2. The molecule has 1 fully saturated rings. The molecule has 0 N–H and O–H groups in total. The SMILES string of the molecule is CCCC(C)(CC(C)C=O)CC1CCC(CC)CC1. The van der Waals surface area contributed by atoms with Crippen LogP contribution in [0.5, 0.6) is 0 Å². The summed E-state index contributed by atoms with van der Waals surface area (Å²) in [5, 5.41) is 0. The van der Waals surface area contributed by atoms with Gasteiger partial charge in [-0.1, -0.05) is 66.2 Å². The smallest absolute Gasteiger partial charge is 0.122 e. The first kappa shape index (κ1) is 16.7. The molecule has 1 heteroatoms. The van der Waals surface area contributed by atoms with Gasteiger partial charge in [-0.3, -0.25) is 0 Å². The number of hydrogen-bond acceptors (Lipinski definition) is 1. The third kappa shape index (κ3) is 5.67. The molecule has 0 aromatic carbocycles. The quantitative estimate of drug-likeness (QED) is 0.521. The van der Waals surface area contributed by atoms with E-state index in [1.807, 2.05) is 0 Å². The van der Waals surface area contributed by atoms with Gasteiger partial charge in [0.2, 0.25) is 0 Å². The molecule has 0 saturated heterocycles. The summed E-state index contributed by atoms with van der Waals surface area (Å²) < 4.78 is 0. The third-order valence-corrected chi connectivity index (χ3v) is 5.23. The van der Waals surface area contributed by atoms with E-state index in [0.29, 0.717) is 5.41 Å². The molecule has 0 aromatic rings. The van der Waals surface area contributed by atoms with Gasteiger partial charge in [-0.25, -0.2) is 0 Å². The van der Waals surface area contributed by atoms with Crippen LogP contribution in [0, 0.1) is 23.2 Å². The number of hydrogen-bond donors (Lipinski definition) is 0. The maximum Gasteiger partial charge on any atom is 0.122 e. The van der Waals surface area contributed by atoms with Crippen LogP contribution in [-0.2, 0) is 4.79 Å². The van der Waals surface area contributed by atoms with Crippen LogP contribution in [0.15, 0.2) is 0 Å². The van der Waals surface area contributed by atoms with Crippen LogP contribution in [0.3, 0.4) is 0 Å². The molecule has 2 atom stereocenters. The molecule has 1 aliphatic carbocycles. The molecule has 0 radical (unpaired) electrons. The topological polar surface area (TPSA) is 17.1 Å². The van der Waals surface area contributed by atoms with Crippen molar-refractivity contribution in [2.24, 2.45) is 23.2 Å². The Balaban J connectivity index is 2.50. The van der Waals surface area contributed by atoms with Crippen LogP contribution in [-0.4, -0.2) is 6.29 Å². The molecule has 1 nitrogen and oxygen atoms in total. The average Bonchev–Trinajstić information content (AvgIpc) is 2.39. The standard InChI is InChI=1S/C18H34O/c1-5-11-18(4,12-15(3)14-19)13-17-9-7-16(6-2)8-10-17/h14-17H,5-13H2,1-4H3. The van der Waals surface area contributed by atoms with Gasteiger partial charge in [0.25, 0.3) is 0 Å². The maximum atomic E-state index is 11.0. The summed E-state index contributed by atoms with van der Waals surface area (Å²) >= 11 is 0. The van der Waals surface area contributed by atoms with E-state index in [2.05, 4.69) is 27.7 Å². The number of rotatable bonds is 8. The van der Waals surface area contributed by atoms with Gasteiger partial charge < -0.3 is 4.79 Å². The Hall–Kier alpha value is -0.330. The fourth-order valence-corrected chi connectivity index (χ4v) is 4.26. The molecule has 1 aliphatic rings. The van der Waals surface area contributed by atoms with E-state index in [-0.39, 0.29) is 5.92 Å². The normalized spacial score (nSPS) is 28.6. The molecular formula is C18H34O. The predicted molar refractivity (Wildman–Crippen MR) is 83.2 cm³/mol. The van der Waals surface area contributed by atoms with Crippen molar-refractivity contribution in [1.82, 2.24) is 0 Å². The lowest BCUT2D eigenvalue weighted by Gasteiger charge is -2.37. The highest BCUT2D eigenvalue weighted by Crippen LogP contribution is 2.42. The predicted octanol–water partition coefficient (Wildman–Crippen LogP) is 5.62. The van der Waals surface area contributed by atoms with Gasteiger partial charge in [0.1, 0.15) is 6.29 Å². The number of carbonyl (C=O) groups excluding carboxylic acids is 1. The number of carbonyl (C=O) groups is 1. The Labute approximate surface area is 120 Å². The Bertz CT molecular complexity index is 252. The van der Waals surface area contributed by atoms with E-state index in [1.165, 1.54) is 51.4 Å². The summed E-state index contributed by atoms with van der Waals surface area (Å²) in [5.74, 6) is 2.13. The van der Waals surface area contributed by atoms with Gasteiger partial charge >= 0.3 is 0 Å². The first-order valence-corrected chi connectivity index (χ1v) is 8.48. The van der Waals surface area contributed by atoms with Crippen molar-refractivity contribution in [3.63, 3.8) is 0 Å². The van der Waals surface area contributed by atoms with E-state index in [1.54, 1.807) is 0 Å². The lowest BCUT2D eigenvalue weighted by atomic mass is 9.68. The van der Waals surface area contributed by atoms with Crippen molar-refractivity contribution in [2.75, 3.05) is 0 Å². The van der Waals surface area contributed by atoms with Crippen LogP contribution in [0.1, 0.15) is 85.5 Å². The monoisotopic (exact) mass is 266 g/mol. The lowest BCUT2D eigenvalue weighted by Crippen LogP contribution is -2.26. The molecule has 0 spiro atoms. The molecule has 2 unspecified atom stereocenters. The van der Waals surface area contributed by atoms with Crippen LogP contribution < -0.4 is 0 Å². The van der Waals surface area contributed by atoms with E-state index in [4.69, 9.17) is 0 Å². The van der Waals surface area contributed by atoms with E-state index in [9.17, 15) is 4.79 Å². The lowest BCUT2D eigenvalue weighted by molar-refractivity contribution is -0.111. The zero-order valence-corrected chi connectivity index (χ0v) is 13.6. The summed E-state index contributed by atoms with van der Waals surface area (Å²) in [6, 6.07) is 0. The molecule has 0 amide bonds. The minimum atomic E-state index is 0.225. The van der Waals surface area contributed by atoms with Crippen LogP contribution in [0.4, 0.5) is 0 Å². The van der Waals surface area contributed by atoms with Gasteiger partial charge in [0.05, 0.1) is 0 Å². The summed E-state index contributed by atoms with van der Waals surface area (Å²) in [4.78, 5) is 11.0. The van der Waals surface area contributed by atoms with Crippen molar-refractivity contribution in [3.05, 3.63) is 0 Å². The van der Waals surface area contributed by atoms with Crippen molar-refractivity contribution in [2.45, 2.75) is 85.5 Å². The molecule has 19 heavy (non-hydrogen) atoms. The zero-order valence-electron chi connectivity index (χ0n) is 13.6. The fourth-order valence-electron chi connectivity index (χ4n) is 4.26. The third-order valence-electron chi connectivity index (χ3n) is 5.23. The van der Waals surface area contributed by atoms with E-state index >= 15 is 0 Å². The Kier molecular flexibility index (Phi) is 7.10. The maximum absolute atomic E-state index is 11.0. The second kappa shape index (κ2) is 8.07. The molecule has 0 bridgehead atoms. The highest BCUT2D eigenvalue weighted by Gasteiger charge is 2.31. The Morgan fingerprint density at radius 2 is 1.74 bits per heavy atom. The van der Waals surface area contributed by atoms with Gasteiger partial charge in [-0.05, 0) is 36.5 Å². The largest absolute Gasteiger partial charge is 0.303 e. The molecule has 0 heterocycles. The Morgan fingerprint density at radius 1 is 1.16 bits per heavy atom. The van der Waals surface area contributed by atoms with E-state index in [0.717, 1.165) is 24.5 Å². The Morgan fingerprint density at radius 3 is 2.21 bits per heavy atom. The molecule has 1 saturated carbocycles. The van der Waals surface area contributed by atoms with Crippen molar-refractivity contribution in [3.8, 4) is 0 Å². The summed E-state index contributed by atoms with van der Waals surface area (Å²) in [7, 11) is 0. The van der Waals surface area contributed by atoms with Crippen LogP contribution in [0.25, 0.3) is 0 Å². The van der Waals surface area contributed by atoms with Crippen molar-refractivity contribution in [1.29, 1.82) is 0 Å². The minimum absolute atomic E-state index is 0.225. The minimum Gasteiger partial charge on any atom is -0.303 e. The molecular weight excluding hydrogens is 232 g/mol. The van der Waals surface area contributed by atoms with Crippen LogP contribution >= 0.6 is 0 Å². The van der Waals surface area contributed by atoms with Gasteiger partial charge in [0.15, 0.2) is 0 Å². The number of aldehydes is 1. The highest BCUT2D eigenvalue weighted by atomic mass is 16.1. The van der Waals surface area contributed by atoms with E-state index < -0.39 is 0 Å². The first-order chi connectivity index (χ1) is 9.03. The molecule has 1 rings (SSSR count).